The van der Waals surface area contributed by atoms with E-state index < -0.39 is 17.5 Å². The van der Waals surface area contributed by atoms with Gasteiger partial charge < -0.3 is 4.74 Å². The zero-order valence-electron chi connectivity index (χ0n) is 10.8. The highest BCUT2D eigenvalue weighted by Gasteiger charge is 2.17. The lowest BCUT2D eigenvalue weighted by Gasteiger charge is -2.19. The number of anilines is 1. The molecule has 0 heterocycles. The monoisotopic (exact) mass is 253 g/mol. The number of ether oxygens (including phenoxy) is 1. The van der Waals surface area contributed by atoms with Crippen LogP contribution in [-0.2, 0) is 4.74 Å². The van der Waals surface area contributed by atoms with Crippen LogP contribution in [0, 0.1) is 5.82 Å². The summed E-state index contributed by atoms with van der Waals surface area (Å²) in [6.07, 6.45) is -0.762. The molecule has 1 amide bonds. The van der Waals surface area contributed by atoms with E-state index in [1.807, 2.05) is 0 Å². The Morgan fingerprint density at radius 3 is 2.39 bits per heavy atom. The fourth-order valence-corrected chi connectivity index (χ4v) is 1.25. The number of benzene rings is 1. The second-order valence-corrected chi connectivity index (χ2v) is 4.88. The van der Waals surface area contributed by atoms with Crippen LogP contribution < -0.4 is 5.32 Å². The van der Waals surface area contributed by atoms with Gasteiger partial charge in [0.2, 0.25) is 0 Å². The van der Waals surface area contributed by atoms with Gasteiger partial charge in [0.25, 0.3) is 0 Å². The molecule has 4 nitrogen and oxygen atoms in total. The largest absolute Gasteiger partial charge is 0.444 e. The van der Waals surface area contributed by atoms with Gasteiger partial charge in [-0.15, -0.1) is 0 Å². The Morgan fingerprint density at radius 1 is 1.28 bits per heavy atom. The predicted octanol–water partition coefficient (Wildman–Crippen LogP) is 3.38. The van der Waals surface area contributed by atoms with Crippen molar-refractivity contribution in [3.05, 3.63) is 29.6 Å². The average Bonchev–Trinajstić information content (AvgIpc) is 2.18. The summed E-state index contributed by atoms with van der Waals surface area (Å²) in [7, 11) is 0. The second kappa shape index (κ2) is 5.16. The summed E-state index contributed by atoms with van der Waals surface area (Å²) in [5.74, 6) is -0.826. The molecule has 0 unspecified atom stereocenters. The van der Waals surface area contributed by atoms with Crippen LogP contribution in [0.1, 0.15) is 38.1 Å². The van der Waals surface area contributed by atoms with E-state index in [4.69, 9.17) is 4.74 Å². The van der Waals surface area contributed by atoms with Crippen LogP contribution in [0.4, 0.5) is 14.9 Å². The number of halogens is 1. The van der Waals surface area contributed by atoms with E-state index in [1.165, 1.54) is 19.1 Å². The second-order valence-electron chi connectivity index (χ2n) is 4.88. The van der Waals surface area contributed by atoms with Crippen molar-refractivity contribution < 1.29 is 18.7 Å². The summed E-state index contributed by atoms with van der Waals surface area (Å²) in [6, 6.07) is 3.77. The van der Waals surface area contributed by atoms with Crippen molar-refractivity contribution in [2.75, 3.05) is 5.32 Å². The number of nitrogens with one attached hydrogen (secondary N) is 1. The summed E-state index contributed by atoms with van der Waals surface area (Å²) >= 11 is 0. The van der Waals surface area contributed by atoms with Crippen molar-refractivity contribution in [3.63, 3.8) is 0 Å². The minimum Gasteiger partial charge on any atom is -0.444 e. The maximum absolute atomic E-state index is 13.4. The van der Waals surface area contributed by atoms with Gasteiger partial charge in [0.05, 0.1) is 5.69 Å². The van der Waals surface area contributed by atoms with Gasteiger partial charge in [-0.1, -0.05) is 0 Å². The topological polar surface area (TPSA) is 55.4 Å². The molecule has 0 saturated carbocycles. The van der Waals surface area contributed by atoms with Crippen molar-refractivity contribution in [1.29, 1.82) is 0 Å². The Balaban J connectivity index is 2.87. The van der Waals surface area contributed by atoms with Crippen molar-refractivity contribution in [3.8, 4) is 0 Å². The van der Waals surface area contributed by atoms with Crippen LogP contribution >= 0.6 is 0 Å². The number of hydrogen-bond donors (Lipinski definition) is 1. The molecule has 0 aliphatic carbocycles. The van der Waals surface area contributed by atoms with Gasteiger partial charge in [-0.25, -0.2) is 9.18 Å². The molecule has 18 heavy (non-hydrogen) atoms. The predicted molar refractivity (Wildman–Crippen MR) is 66.3 cm³/mol. The number of Topliss-reactive ketones (excluding diaryl/α,β-unsaturated/α-hetero) is 1. The molecule has 0 aromatic heterocycles. The van der Waals surface area contributed by atoms with Gasteiger partial charge in [0.15, 0.2) is 5.78 Å². The third-order valence-corrected chi connectivity index (χ3v) is 2.01. The van der Waals surface area contributed by atoms with Crippen molar-refractivity contribution in [2.24, 2.45) is 0 Å². The summed E-state index contributed by atoms with van der Waals surface area (Å²) in [6.45, 7) is 6.48. The van der Waals surface area contributed by atoms with Crippen LogP contribution in [0.5, 0.6) is 0 Å². The Bertz CT molecular complexity index is 478. The van der Waals surface area contributed by atoms with Gasteiger partial charge in [0.1, 0.15) is 11.4 Å². The SMILES string of the molecule is CC(=O)c1ccc(F)c(NC(=O)OC(C)(C)C)c1. The molecule has 1 aromatic carbocycles. The molecule has 98 valence electrons. The van der Waals surface area contributed by atoms with E-state index in [2.05, 4.69) is 5.32 Å². The molecule has 0 fully saturated rings. The summed E-state index contributed by atoms with van der Waals surface area (Å²) in [5.41, 5.74) is -0.418. The number of carbonyl (C=O) groups is 2. The van der Waals surface area contributed by atoms with Crippen LogP contribution in [0.3, 0.4) is 0 Å². The van der Waals surface area contributed by atoms with Crippen molar-refractivity contribution >= 4 is 17.6 Å². The number of rotatable bonds is 2. The lowest BCUT2D eigenvalue weighted by Crippen LogP contribution is -2.27. The summed E-state index contributed by atoms with van der Waals surface area (Å²) < 4.78 is 18.4. The maximum Gasteiger partial charge on any atom is 0.412 e. The third-order valence-electron chi connectivity index (χ3n) is 2.01. The van der Waals surface area contributed by atoms with E-state index in [0.29, 0.717) is 5.56 Å². The molecule has 1 aromatic rings. The van der Waals surface area contributed by atoms with Gasteiger partial charge in [-0.3, -0.25) is 10.1 Å². The zero-order chi connectivity index (χ0) is 13.9. The van der Waals surface area contributed by atoms with Gasteiger partial charge in [0, 0.05) is 5.56 Å². The molecule has 0 saturated heterocycles. The molecular formula is C13H16FNO3. The highest BCUT2D eigenvalue weighted by Crippen LogP contribution is 2.18. The number of hydrogen-bond acceptors (Lipinski definition) is 3. The van der Waals surface area contributed by atoms with Crippen LogP contribution in [-0.4, -0.2) is 17.5 Å². The van der Waals surface area contributed by atoms with Crippen LogP contribution in [0.2, 0.25) is 0 Å². The molecule has 0 spiro atoms. The average molecular weight is 253 g/mol. The minimum atomic E-state index is -0.762. The summed E-state index contributed by atoms with van der Waals surface area (Å²) in [5, 5.41) is 2.27. The van der Waals surface area contributed by atoms with Crippen LogP contribution in [0.25, 0.3) is 0 Å². The Morgan fingerprint density at radius 2 is 1.89 bits per heavy atom. The highest BCUT2D eigenvalue weighted by molar-refractivity contribution is 5.96. The maximum atomic E-state index is 13.4. The Labute approximate surface area is 105 Å². The van der Waals surface area contributed by atoms with E-state index in [9.17, 15) is 14.0 Å². The first kappa shape index (κ1) is 14.2. The number of carbonyl (C=O) groups excluding carboxylic acids is 2. The van der Waals surface area contributed by atoms with E-state index >= 15 is 0 Å². The molecular weight excluding hydrogens is 237 g/mol. The fraction of sp³-hybridized carbons (Fsp3) is 0.385. The minimum absolute atomic E-state index is 0.0723. The lowest BCUT2D eigenvalue weighted by atomic mass is 10.1. The summed E-state index contributed by atoms with van der Waals surface area (Å²) in [4.78, 5) is 22.6. The first-order valence-corrected chi connectivity index (χ1v) is 5.49. The van der Waals surface area contributed by atoms with E-state index in [-0.39, 0.29) is 11.5 Å². The zero-order valence-corrected chi connectivity index (χ0v) is 10.8. The fourth-order valence-electron chi connectivity index (χ4n) is 1.25. The molecule has 0 aliphatic heterocycles. The standard InChI is InChI=1S/C13H16FNO3/c1-8(16)9-5-6-10(14)11(7-9)15-12(17)18-13(2,3)4/h5-7H,1-4H3,(H,15,17). The molecule has 1 rings (SSSR count). The molecule has 0 aliphatic rings. The third kappa shape index (κ3) is 4.16. The lowest BCUT2D eigenvalue weighted by molar-refractivity contribution is 0.0635. The van der Waals surface area contributed by atoms with Gasteiger partial charge in [-0.05, 0) is 45.9 Å². The molecule has 5 heteroatoms. The Kier molecular flexibility index (Phi) is 4.06. The Hall–Kier alpha value is -1.91. The highest BCUT2D eigenvalue weighted by atomic mass is 19.1. The first-order chi connectivity index (χ1) is 8.19. The van der Waals surface area contributed by atoms with E-state index in [1.54, 1.807) is 20.8 Å². The molecule has 0 bridgehead atoms. The normalized spacial score (nSPS) is 10.9. The van der Waals surface area contributed by atoms with Crippen molar-refractivity contribution in [2.45, 2.75) is 33.3 Å². The smallest absolute Gasteiger partial charge is 0.412 e. The molecule has 0 radical (unpaired) electrons. The quantitative estimate of drug-likeness (QED) is 0.822. The van der Waals surface area contributed by atoms with Gasteiger partial charge >= 0.3 is 6.09 Å². The number of amides is 1. The molecule has 0 atom stereocenters. The van der Waals surface area contributed by atoms with Crippen molar-refractivity contribution in [1.82, 2.24) is 0 Å². The van der Waals surface area contributed by atoms with Crippen LogP contribution in [0.15, 0.2) is 18.2 Å². The van der Waals surface area contributed by atoms with Gasteiger partial charge in [-0.2, -0.15) is 0 Å². The first-order valence-electron chi connectivity index (χ1n) is 5.49. The van der Waals surface area contributed by atoms with E-state index in [0.717, 1.165) is 6.07 Å². The number of ketones is 1. The molecule has 1 N–H and O–H groups in total.